The summed E-state index contributed by atoms with van der Waals surface area (Å²) in [5.41, 5.74) is -0.0360. The highest BCUT2D eigenvalue weighted by Crippen LogP contribution is 2.37. The molecule has 0 aromatic heterocycles. The molecule has 2 aromatic carbocycles. The Bertz CT molecular complexity index is 658. The van der Waals surface area contributed by atoms with Crippen molar-refractivity contribution in [2.45, 2.75) is 29.7 Å². The van der Waals surface area contributed by atoms with E-state index in [0.29, 0.717) is 15.5 Å². The molecule has 110 valence electrons. The average molecular weight is 305 g/mol. The highest BCUT2D eigenvalue weighted by Gasteiger charge is 2.13. The van der Waals surface area contributed by atoms with Crippen LogP contribution in [0.2, 0.25) is 0 Å². The Labute approximate surface area is 126 Å². The van der Waals surface area contributed by atoms with E-state index in [0.717, 1.165) is 0 Å². The molecular formula is C15H15NO4S. The van der Waals surface area contributed by atoms with E-state index in [2.05, 4.69) is 0 Å². The van der Waals surface area contributed by atoms with E-state index in [1.54, 1.807) is 30.3 Å². The van der Waals surface area contributed by atoms with Gasteiger partial charge in [-0.2, -0.15) is 0 Å². The summed E-state index contributed by atoms with van der Waals surface area (Å²) in [7, 11) is 0. The fourth-order valence-electron chi connectivity index (χ4n) is 1.73. The summed E-state index contributed by atoms with van der Waals surface area (Å²) < 4.78 is 5.53. The van der Waals surface area contributed by atoms with Gasteiger partial charge in [0.2, 0.25) is 0 Å². The summed E-state index contributed by atoms with van der Waals surface area (Å²) in [5, 5.41) is 20.8. The maximum atomic E-state index is 11.0. The van der Waals surface area contributed by atoms with E-state index in [1.165, 1.54) is 23.9 Å². The predicted octanol–water partition coefficient (Wildman–Crippen LogP) is 4.24. The number of nitro groups is 1. The highest BCUT2D eigenvalue weighted by molar-refractivity contribution is 7.99. The lowest BCUT2D eigenvalue weighted by Gasteiger charge is -2.11. The Morgan fingerprint density at radius 2 is 1.95 bits per heavy atom. The summed E-state index contributed by atoms with van der Waals surface area (Å²) in [4.78, 5) is 11.8. The second-order valence-corrected chi connectivity index (χ2v) is 5.77. The average Bonchev–Trinajstić information content (AvgIpc) is 2.40. The number of phenols is 1. The summed E-state index contributed by atoms with van der Waals surface area (Å²) in [6, 6.07) is 11.4. The van der Waals surface area contributed by atoms with Gasteiger partial charge in [0.15, 0.2) is 0 Å². The minimum atomic E-state index is -0.456. The highest BCUT2D eigenvalue weighted by atomic mass is 32.2. The van der Waals surface area contributed by atoms with Crippen molar-refractivity contribution in [1.82, 2.24) is 0 Å². The third-order valence-corrected chi connectivity index (χ3v) is 3.58. The molecule has 0 bridgehead atoms. The van der Waals surface area contributed by atoms with Crippen molar-refractivity contribution < 1.29 is 14.8 Å². The van der Waals surface area contributed by atoms with Crippen LogP contribution in [0, 0.1) is 10.1 Å². The van der Waals surface area contributed by atoms with Crippen LogP contribution in [0.5, 0.6) is 11.5 Å². The molecule has 0 aliphatic rings. The molecule has 0 radical (unpaired) electrons. The molecular weight excluding hydrogens is 290 g/mol. The van der Waals surface area contributed by atoms with Crippen LogP contribution in [0.15, 0.2) is 52.3 Å². The van der Waals surface area contributed by atoms with Crippen LogP contribution < -0.4 is 4.74 Å². The summed E-state index contributed by atoms with van der Waals surface area (Å²) in [5.74, 6) is 0.581. The molecule has 5 nitrogen and oxygen atoms in total. The molecule has 2 aromatic rings. The summed E-state index contributed by atoms with van der Waals surface area (Å²) >= 11 is 1.25. The lowest BCUT2D eigenvalue weighted by molar-refractivity contribution is -0.385. The standard InChI is InChI=1S/C15H15NO4S/c1-10(2)20-12-7-11(16(18)19)8-13(9-12)21-15-6-4-3-5-14(15)17/h3-10,17H,1-2H3. The number of nitrogens with zero attached hydrogens (tertiary/aromatic N) is 1. The fourth-order valence-corrected chi connectivity index (χ4v) is 2.66. The van der Waals surface area contributed by atoms with Crippen molar-refractivity contribution in [2.75, 3.05) is 0 Å². The second kappa shape index (κ2) is 6.49. The van der Waals surface area contributed by atoms with Gasteiger partial charge in [-0.3, -0.25) is 10.1 Å². The summed E-state index contributed by atoms with van der Waals surface area (Å²) in [6.45, 7) is 3.71. The Morgan fingerprint density at radius 3 is 2.57 bits per heavy atom. The van der Waals surface area contributed by atoms with Crippen LogP contribution >= 0.6 is 11.8 Å². The number of para-hydroxylation sites is 1. The van der Waals surface area contributed by atoms with Gasteiger partial charge in [-0.1, -0.05) is 23.9 Å². The van der Waals surface area contributed by atoms with Crippen molar-refractivity contribution in [3.63, 3.8) is 0 Å². The maximum absolute atomic E-state index is 11.0. The largest absolute Gasteiger partial charge is 0.507 e. The normalized spacial score (nSPS) is 10.6. The van der Waals surface area contributed by atoms with E-state index >= 15 is 0 Å². The number of aromatic hydroxyl groups is 1. The Kier molecular flexibility index (Phi) is 4.70. The van der Waals surface area contributed by atoms with Crippen molar-refractivity contribution in [3.05, 3.63) is 52.6 Å². The molecule has 0 fully saturated rings. The van der Waals surface area contributed by atoms with Crippen LogP contribution in [-0.4, -0.2) is 16.1 Å². The van der Waals surface area contributed by atoms with Gasteiger partial charge >= 0.3 is 0 Å². The number of hydrogen-bond acceptors (Lipinski definition) is 5. The number of rotatable bonds is 5. The van der Waals surface area contributed by atoms with Gasteiger partial charge in [-0.05, 0) is 32.0 Å². The number of phenolic OH excluding ortho intramolecular Hbond substituents is 1. The molecule has 0 aliphatic carbocycles. The molecule has 0 unspecified atom stereocenters. The van der Waals surface area contributed by atoms with E-state index in [1.807, 2.05) is 13.8 Å². The first-order valence-electron chi connectivity index (χ1n) is 6.37. The quantitative estimate of drug-likeness (QED) is 0.660. The van der Waals surface area contributed by atoms with Crippen LogP contribution in [0.4, 0.5) is 5.69 Å². The Morgan fingerprint density at radius 1 is 1.24 bits per heavy atom. The van der Waals surface area contributed by atoms with Gasteiger partial charge in [0, 0.05) is 11.0 Å². The smallest absolute Gasteiger partial charge is 0.274 e. The van der Waals surface area contributed by atoms with E-state index < -0.39 is 4.92 Å². The van der Waals surface area contributed by atoms with Crippen LogP contribution in [-0.2, 0) is 0 Å². The third-order valence-electron chi connectivity index (χ3n) is 2.54. The molecule has 0 aliphatic heterocycles. The molecule has 0 amide bonds. The molecule has 21 heavy (non-hydrogen) atoms. The zero-order valence-electron chi connectivity index (χ0n) is 11.6. The van der Waals surface area contributed by atoms with Gasteiger partial charge < -0.3 is 9.84 Å². The van der Waals surface area contributed by atoms with Crippen molar-refractivity contribution in [3.8, 4) is 11.5 Å². The third kappa shape index (κ3) is 4.13. The van der Waals surface area contributed by atoms with E-state index in [-0.39, 0.29) is 17.5 Å². The Balaban J connectivity index is 2.36. The minimum absolute atomic E-state index is 0.0360. The van der Waals surface area contributed by atoms with E-state index in [4.69, 9.17) is 4.74 Å². The molecule has 0 atom stereocenters. The number of nitro benzene ring substituents is 1. The molecule has 6 heteroatoms. The number of benzene rings is 2. The molecule has 1 N–H and O–H groups in total. The second-order valence-electron chi connectivity index (χ2n) is 4.66. The van der Waals surface area contributed by atoms with Gasteiger partial charge in [-0.25, -0.2) is 0 Å². The topological polar surface area (TPSA) is 72.6 Å². The molecule has 0 saturated carbocycles. The van der Waals surface area contributed by atoms with Gasteiger partial charge in [0.05, 0.1) is 22.0 Å². The predicted molar refractivity (Wildman–Crippen MR) is 81.1 cm³/mol. The molecule has 0 saturated heterocycles. The molecule has 2 rings (SSSR count). The lowest BCUT2D eigenvalue weighted by Crippen LogP contribution is -2.05. The number of hydrogen-bond donors (Lipinski definition) is 1. The summed E-state index contributed by atoms with van der Waals surface area (Å²) in [6.07, 6.45) is -0.0741. The van der Waals surface area contributed by atoms with Gasteiger partial charge in [0.25, 0.3) is 5.69 Å². The van der Waals surface area contributed by atoms with Crippen molar-refractivity contribution in [2.24, 2.45) is 0 Å². The fraction of sp³-hybridized carbons (Fsp3) is 0.200. The molecule has 0 spiro atoms. The lowest BCUT2D eigenvalue weighted by atomic mass is 10.3. The van der Waals surface area contributed by atoms with E-state index in [9.17, 15) is 15.2 Å². The van der Waals surface area contributed by atoms with Crippen LogP contribution in [0.1, 0.15) is 13.8 Å². The Hall–Kier alpha value is -2.21. The first-order chi connectivity index (χ1) is 9.95. The van der Waals surface area contributed by atoms with Crippen LogP contribution in [0.25, 0.3) is 0 Å². The van der Waals surface area contributed by atoms with Crippen LogP contribution in [0.3, 0.4) is 0 Å². The maximum Gasteiger partial charge on any atom is 0.274 e. The first-order valence-corrected chi connectivity index (χ1v) is 7.19. The van der Waals surface area contributed by atoms with Gasteiger partial charge in [0.1, 0.15) is 11.5 Å². The van der Waals surface area contributed by atoms with Crippen molar-refractivity contribution >= 4 is 17.4 Å². The first kappa shape index (κ1) is 15.2. The zero-order chi connectivity index (χ0) is 15.4. The van der Waals surface area contributed by atoms with Gasteiger partial charge in [-0.15, -0.1) is 0 Å². The minimum Gasteiger partial charge on any atom is -0.507 e. The molecule has 0 heterocycles. The number of ether oxygens (including phenoxy) is 1. The monoisotopic (exact) mass is 305 g/mol. The van der Waals surface area contributed by atoms with Crippen molar-refractivity contribution in [1.29, 1.82) is 0 Å². The number of non-ortho nitro benzene ring substituents is 1. The SMILES string of the molecule is CC(C)Oc1cc(Sc2ccccc2O)cc([N+](=O)[O-])c1. The zero-order valence-corrected chi connectivity index (χ0v) is 12.5.